The van der Waals surface area contributed by atoms with Crippen LogP contribution in [0.5, 0.6) is 0 Å². The Balaban J connectivity index is 1.80. The van der Waals surface area contributed by atoms with Gasteiger partial charge in [-0.15, -0.1) is 0 Å². The van der Waals surface area contributed by atoms with Crippen LogP contribution in [0.15, 0.2) is 48.7 Å². The van der Waals surface area contributed by atoms with Crippen LogP contribution in [0.25, 0.3) is 10.9 Å². The molecule has 0 atom stereocenters. The summed E-state index contributed by atoms with van der Waals surface area (Å²) in [5.41, 5.74) is 1.90. The second kappa shape index (κ2) is 5.44. The summed E-state index contributed by atoms with van der Waals surface area (Å²) in [6.07, 6.45) is 1.64. The maximum absolute atomic E-state index is 13.1. The number of anilines is 1. The van der Waals surface area contributed by atoms with Crippen molar-refractivity contribution in [3.05, 3.63) is 71.7 Å². The number of para-hydroxylation sites is 1. The highest BCUT2D eigenvalue weighted by atomic mass is 19.2. The van der Waals surface area contributed by atoms with E-state index in [1.165, 1.54) is 0 Å². The summed E-state index contributed by atoms with van der Waals surface area (Å²) in [4.78, 5) is 4.27. The fourth-order valence-electron chi connectivity index (χ4n) is 2.08. The fourth-order valence-corrected chi connectivity index (χ4v) is 2.08. The van der Waals surface area contributed by atoms with E-state index in [2.05, 4.69) is 10.3 Å². The molecule has 0 aliphatic rings. The Morgan fingerprint density at radius 3 is 2.43 bits per heavy atom. The zero-order valence-corrected chi connectivity index (χ0v) is 10.9. The fraction of sp³-hybridized carbons (Fsp3) is 0.0625. The van der Waals surface area contributed by atoms with Gasteiger partial charge in [-0.2, -0.15) is 0 Å². The number of hydrogen-bond donors (Lipinski definition) is 1. The van der Waals surface area contributed by atoms with Gasteiger partial charge < -0.3 is 5.32 Å². The number of hydrogen-bond acceptors (Lipinski definition) is 2. The molecule has 5 heteroatoms. The molecule has 1 heterocycles. The van der Waals surface area contributed by atoms with Crippen molar-refractivity contribution >= 4 is 16.6 Å². The van der Waals surface area contributed by atoms with E-state index in [1.807, 2.05) is 30.3 Å². The minimum Gasteiger partial charge on any atom is -0.380 e. The summed E-state index contributed by atoms with van der Waals surface area (Å²) in [5.74, 6) is -3.84. The maximum Gasteiger partial charge on any atom is 0.194 e. The molecule has 0 spiro atoms. The van der Waals surface area contributed by atoms with Crippen molar-refractivity contribution in [1.82, 2.24) is 4.98 Å². The molecule has 2 nitrogen and oxygen atoms in total. The summed E-state index contributed by atoms with van der Waals surface area (Å²) in [7, 11) is 0. The van der Waals surface area contributed by atoms with E-state index < -0.39 is 17.5 Å². The van der Waals surface area contributed by atoms with Crippen molar-refractivity contribution < 1.29 is 13.2 Å². The molecule has 1 N–H and O–H groups in total. The number of rotatable bonds is 3. The Labute approximate surface area is 119 Å². The zero-order chi connectivity index (χ0) is 14.8. The highest BCUT2D eigenvalue weighted by molar-refractivity contribution is 5.81. The number of benzene rings is 2. The first-order valence-corrected chi connectivity index (χ1v) is 6.35. The summed E-state index contributed by atoms with van der Waals surface area (Å²) in [6, 6.07) is 11.4. The van der Waals surface area contributed by atoms with Crippen molar-refractivity contribution in [3.63, 3.8) is 0 Å². The normalized spacial score (nSPS) is 10.8. The lowest BCUT2D eigenvalue weighted by Crippen LogP contribution is -2.02. The van der Waals surface area contributed by atoms with Gasteiger partial charge in [-0.25, -0.2) is 13.2 Å². The van der Waals surface area contributed by atoms with Gasteiger partial charge in [-0.05, 0) is 29.8 Å². The first-order chi connectivity index (χ1) is 10.1. The van der Waals surface area contributed by atoms with E-state index in [0.717, 1.165) is 28.7 Å². The average molecular weight is 288 g/mol. The SMILES string of the molecule is Fc1cc(CNc2cnc3ccccc3c2)cc(F)c1F. The molecule has 21 heavy (non-hydrogen) atoms. The molecule has 2 aromatic carbocycles. The third kappa shape index (κ3) is 2.81. The molecule has 0 saturated heterocycles. The van der Waals surface area contributed by atoms with E-state index in [9.17, 15) is 13.2 Å². The van der Waals surface area contributed by atoms with E-state index >= 15 is 0 Å². The summed E-state index contributed by atoms with van der Waals surface area (Å²) in [5, 5.41) is 3.97. The lowest BCUT2D eigenvalue weighted by Gasteiger charge is -2.08. The lowest BCUT2D eigenvalue weighted by atomic mass is 10.2. The number of fused-ring (bicyclic) bond motifs is 1. The van der Waals surface area contributed by atoms with Gasteiger partial charge in [-0.3, -0.25) is 4.98 Å². The van der Waals surface area contributed by atoms with Crippen molar-refractivity contribution in [1.29, 1.82) is 0 Å². The van der Waals surface area contributed by atoms with Crippen LogP contribution in [-0.4, -0.2) is 4.98 Å². The molecule has 0 saturated carbocycles. The molecule has 0 unspecified atom stereocenters. The van der Waals surface area contributed by atoms with Gasteiger partial charge in [-0.1, -0.05) is 18.2 Å². The molecular formula is C16H11F3N2. The Kier molecular flexibility index (Phi) is 3.48. The Morgan fingerprint density at radius 1 is 0.952 bits per heavy atom. The van der Waals surface area contributed by atoms with Gasteiger partial charge in [0.25, 0.3) is 0 Å². The summed E-state index contributed by atoms with van der Waals surface area (Å²) in [6.45, 7) is 0.175. The number of halogens is 3. The number of aromatic nitrogens is 1. The zero-order valence-electron chi connectivity index (χ0n) is 10.9. The molecule has 0 bridgehead atoms. The van der Waals surface area contributed by atoms with Crippen LogP contribution in [0.1, 0.15) is 5.56 Å². The predicted octanol–water partition coefficient (Wildman–Crippen LogP) is 4.26. The molecular weight excluding hydrogens is 277 g/mol. The van der Waals surface area contributed by atoms with Crippen molar-refractivity contribution in [2.24, 2.45) is 0 Å². The smallest absolute Gasteiger partial charge is 0.194 e. The monoisotopic (exact) mass is 288 g/mol. The van der Waals surface area contributed by atoms with Gasteiger partial charge in [0.1, 0.15) is 0 Å². The Hall–Kier alpha value is -2.56. The topological polar surface area (TPSA) is 24.9 Å². The quantitative estimate of drug-likeness (QED) is 0.728. The van der Waals surface area contributed by atoms with Crippen LogP contribution < -0.4 is 5.32 Å². The van der Waals surface area contributed by atoms with Crippen molar-refractivity contribution in [2.75, 3.05) is 5.32 Å². The van der Waals surface area contributed by atoms with Crippen LogP contribution in [-0.2, 0) is 6.54 Å². The Morgan fingerprint density at radius 2 is 1.67 bits per heavy atom. The van der Waals surface area contributed by atoms with Crippen molar-refractivity contribution in [3.8, 4) is 0 Å². The molecule has 3 aromatic rings. The lowest BCUT2D eigenvalue weighted by molar-refractivity contribution is 0.445. The molecule has 0 aliphatic carbocycles. The van der Waals surface area contributed by atoms with Gasteiger partial charge in [0, 0.05) is 11.9 Å². The third-order valence-electron chi connectivity index (χ3n) is 3.13. The molecule has 0 amide bonds. The first kappa shape index (κ1) is 13.4. The molecule has 3 rings (SSSR count). The molecule has 0 aliphatic heterocycles. The van der Waals surface area contributed by atoms with E-state index in [-0.39, 0.29) is 6.54 Å². The minimum absolute atomic E-state index is 0.175. The van der Waals surface area contributed by atoms with Crippen LogP contribution in [0.2, 0.25) is 0 Å². The summed E-state index contributed by atoms with van der Waals surface area (Å²) < 4.78 is 39.1. The standard InChI is InChI=1S/C16H11F3N2/c17-13-5-10(6-14(18)16(13)19)8-20-12-7-11-3-1-2-4-15(11)21-9-12/h1-7,9,20H,8H2. The van der Waals surface area contributed by atoms with Crippen LogP contribution >= 0.6 is 0 Å². The predicted molar refractivity (Wildman–Crippen MR) is 75.4 cm³/mol. The molecule has 1 aromatic heterocycles. The van der Waals surface area contributed by atoms with E-state index in [1.54, 1.807) is 6.20 Å². The average Bonchev–Trinajstić information content (AvgIpc) is 2.50. The van der Waals surface area contributed by atoms with Crippen molar-refractivity contribution in [2.45, 2.75) is 6.54 Å². The highest BCUT2D eigenvalue weighted by Gasteiger charge is 2.10. The van der Waals surface area contributed by atoms with Crippen LogP contribution in [0.4, 0.5) is 18.9 Å². The van der Waals surface area contributed by atoms with E-state index in [4.69, 9.17) is 0 Å². The maximum atomic E-state index is 13.1. The van der Waals surface area contributed by atoms with E-state index in [0.29, 0.717) is 5.56 Å². The summed E-state index contributed by atoms with van der Waals surface area (Å²) >= 11 is 0. The minimum atomic E-state index is -1.45. The highest BCUT2D eigenvalue weighted by Crippen LogP contribution is 2.18. The van der Waals surface area contributed by atoms with Gasteiger partial charge in [0.15, 0.2) is 17.5 Å². The molecule has 106 valence electrons. The number of pyridine rings is 1. The van der Waals surface area contributed by atoms with Gasteiger partial charge >= 0.3 is 0 Å². The van der Waals surface area contributed by atoms with Crippen LogP contribution in [0.3, 0.4) is 0 Å². The molecule has 0 fully saturated rings. The third-order valence-corrected chi connectivity index (χ3v) is 3.13. The second-order valence-corrected chi connectivity index (χ2v) is 4.64. The first-order valence-electron chi connectivity index (χ1n) is 6.35. The molecule has 0 radical (unpaired) electrons. The second-order valence-electron chi connectivity index (χ2n) is 4.64. The van der Waals surface area contributed by atoms with Gasteiger partial charge in [0.2, 0.25) is 0 Å². The van der Waals surface area contributed by atoms with Crippen LogP contribution in [0, 0.1) is 17.5 Å². The Bertz CT molecular complexity index is 779. The number of nitrogens with zero attached hydrogens (tertiary/aromatic N) is 1. The van der Waals surface area contributed by atoms with Gasteiger partial charge in [0.05, 0.1) is 17.4 Å². The largest absolute Gasteiger partial charge is 0.380 e. The number of nitrogens with one attached hydrogen (secondary N) is 1.